The van der Waals surface area contributed by atoms with Crippen LogP contribution in [0.25, 0.3) is 0 Å². The average Bonchev–Trinajstić information content (AvgIpc) is 3.24. The Morgan fingerprint density at radius 2 is 2.00 bits per heavy atom. The van der Waals surface area contributed by atoms with Crippen LogP contribution in [0, 0.1) is 20.8 Å². The SMILES string of the molecule is Cc1cc(NC(=O)c2cc(Cn3nc(C)c(Cl)c3C)cs2)n(C(C)C)n1. The summed E-state index contributed by atoms with van der Waals surface area (Å²) in [7, 11) is 0. The molecule has 1 amide bonds. The van der Waals surface area contributed by atoms with Crippen molar-refractivity contribution < 1.29 is 4.79 Å². The second-order valence-corrected chi connectivity index (χ2v) is 7.91. The van der Waals surface area contributed by atoms with E-state index in [1.807, 2.05) is 61.5 Å². The molecule has 0 aliphatic heterocycles. The van der Waals surface area contributed by atoms with Gasteiger partial charge in [0.1, 0.15) is 5.82 Å². The van der Waals surface area contributed by atoms with E-state index < -0.39 is 0 Å². The minimum absolute atomic E-state index is 0.130. The van der Waals surface area contributed by atoms with E-state index in [0.29, 0.717) is 22.3 Å². The summed E-state index contributed by atoms with van der Waals surface area (Å²) < 4.78 is 3.68. The predicted octanol–water partition coefficient (Wildman–Crippen LogP) is 4.60. The third-order valence-electron chi connectivity index (χ3n) is 4.09. The summed E-state index contributed by atoms with van der Waals surface area (Å²) in [6.45, 7) is 10.4. The van der Waals surface area contributed by atoms with Gasteiger partial charge in [-0.05, 0) is 51.6 Å². The number of nitrogens with zero attached hydrogens (tertiary/aromatic N) is 4. The predicted molar refractivity (Wildman–Crippen MR) is 105 cm³/mol. The van der Waals surface area contributed by atoms with Gasteiger partial charge in [0, 0.05) is 12.1 Å². The first-order chi connectivity index (χ1) is 12.3. The largest absolute Gasteiger partial charge is 0.306 e. The number of thiophene rings is 1. The van der Waals surface area contributed by atoms with Crippen molar-refractivity contribution in [2.45, 2.75) is 47.2 Å². The van der Waals surface area contributed by atoms with Gasteiger partial charge in [-0.3, -0.25) is 9.48 Å². The number of carbonyl (C=O) groups is 1. The number of hydrogen-bond donors (Lipinski definition) is 1. The normalized spacial score (nSPS) is 11.3. The number of hydrogen-bond acceptors (Lipinski definition) is 4. The molecule has 0 radical (unpaired) electrons. The first-order valence-electron chi connectivity index (χ1n) is 8.40. The lowest BCUT2D eigenvalue weighted by Crippen LogP contribution is -2.15. The zero-order chi connectivity index (χ0) is 19.0. The van der Waals surface area contributed by atoms with Gasteiger partial charge in [0.15, 0.2) is 0 Å². The molecule has 0 aliphatic rings. The Hall–Kier alpha value is -2.12. The summed E-state index contributed by atoms with van der Waals surface area (Å²) in [6, 6.07) is 3.95. The van der Waals surface area contributed by atoms with Crippen molar-refractivity contribution in [3.8, 4) is 0 Å². The highest BCUT2D eigenvalue weighted by molar-refractivity contribution is 7.12. The number of aryl methyl sites for hydroxylation is 2. The number of anilines is 1. The Balaban J connectivity index is 1.75. The van der Waals surface area contributed by atoms with E-state index in [0.717, 1.165) is 22.6 Å². The van der Waals surface area contributed by atoms with Crippen molar-refractivity contribution in [1.82, 2.24) is 19.6 Å². The zero-order valence-electron chi connectivity index (χ0n) is 15.5. The van der Waals surface area contributed by atoms with Crippen molar-refractivity contribution in [2.75, 3.05) is 5.32 Å². The van der Waals surface area contributed by atoms with Crippen LogP contribution in [-0.2, 0) is 6.54 Å². The standard InChI is InChI=1S/C18H22ClN5OS/c1-10(2)24-16(6-11(3)21-24)20-18(25)15-7-14(9-26-15)8-23-13(5)17(19)12(4)22-23/h6-7,9-10H,8H2,1-5H3,(H,20,25). The van der Waals surface area contributed by atoms with Crippen molar-refractivity contribution in [2.24, 2.45) is 0 Å². The summed E-state index contributed by atoms with van der Waals surface area (Å²) in [5.41, 5.74) is 3.64. The third kappa shape index (κ3) is 3.68. The van der Waals surface area contributed by atoms with Crippen LogP contribution in [0.5, 0.6) is 0 Å². The van der Waals surface area contributed by atoms with Crippen LogP contribution in [0.2, 0.25) is 5.02 Å². The van der Waals surface area contributed by atoms with Gasteiger partial charge < -0.3 is 5.32 Å². The van der Waals surface area contributed by atoms with E-state index in [1.54, 1.807) is 0 Å². The number of halogens is 1. The highest BCUT2D eigenvalue weighted by Gasteiger charge is 2.16. The average molecular weight is 392 g/mol. The van der Waals surface area contributed by atoms with Gasteiger partial charge in [0.25, 0.3) is 5.91 Å². The van der Waals surface area contributed by atoms with E-state index in [9.17, 15) is 4.79 Å². The van der Waals surface area contributed by atoms with Gasteiger partial charge in [0.2, 0.25) is 0 Å². The third-order valence-corrected chi connectivity index (χ3v) is 5.62. The molecule has 8 heteroatoms. The molecule has 3 aromatic heterocycles. The van der Waals surface area contributed by atoms with E-state index in [2.05, 4.69) is 15.5 Å². The Morgan fingerprint density at radius 1 is 1.27 bits per heavy atom. The van der Waals surface area contributed by atoms with Crippen LogP contribution in [0.3, 0.4) is 0 Å². The van der Waals surface area contributed by atoms with Gasteiger partial charge in [-0.25, -0.2) is 4.68 Å². The maximum atomic E-state index is 12.6. The molecule has 0 aromatic carbocycles. The summed E-state index contributed by atoms with van der Waals surface area (Å²) >= 11 is 7.62. The van der Waals surface area contributed by atoms with Gasteiger partial charge >= 0.3 is 0 Å². The van der Waals surface area contributed by atoms with E-state index in [-0.39, 0.29) is 11.9 Å². The minimum Gasteiger partial charge on any atom is -0.306 e. The van der Waals surface area contributed by atoms with Gasteiger partial charge in [-0.2, -0.15) is 10.2 Å². The molecule has 0 spiro atoms. The first-order valence-corrected chi connectivity index (χ1v) is 9.66. The fraction of sp³-hybridized carbons (Fsp3) is 0.389. The summed E-state index contributed by atoms with van der Waals surface area (Å²) in [5.74, 6) is 0.581. The fourth-order valence-electron chi connectivity index (χ4n) is 2.76. The van der Waals surface area contributed by atoms with Crippen LogP contribution in [-0.4, -0.2) is 25.5 Å². The first kappa shape index (κ1) is 18.7. The summed E-state index contributed by atoms with van der Waals surface area (Å²) in [5, 5.41) is 14.5. The molecule has 1 N–H and O–H groups in total. The number of aromatic nitrogens is 4. The Labute approximate surface area is 161 Å². The van der Waals surface area contributed by atoms with Crippen molar-refractivity contribution in [3.63, 3.8) is 0 Å². The summed E-state index contributed by atoms with van der Waals surface area (Å²) in [4.78, 5) is 13.3. The molecule has 3 heterocycles. The monoisotopic (exact) mass is 391 g/mol. The highest BCUT2D eigenvalue weighted by atomic mass is 35.5. The van der Waals surface area contributed by atoms with Crippen molar-refractivity contribution in [1.29, 1.82) is 0 Å². The number of carbonyl (C=O) groups excluding carboxylic acids is 1. The molecule has 138 valence electrons. The van der Waals surface area contributed by atoms with Crippen LogP contribution in [0.1, 0.15) is 52.2 Å². The Bertz CT molecular complexity index is 953. The molecule has 0 bridgehead atoms. The Kier molecular flexibility index (Phi) is 5.20. The topological polar surface area (TPSA) is 64.7 Å². The van der Waals surface area contributed by atoms with Gasteiger partial charge in [0.05, 0.1) is 33.5 Å². The molecule has 3 rings (SSSR count). The fourth-order valence-corrected chi connectivity index (χ4v) is 3.69. The molecular formula is C18H22ClN5OS. The molecule has 3 aromatic rings. The molecule has 0 atom stereocenters. The van der Waals surface area contributed by atoms with E-state index in [4.69, 9.17) is 11.6 Å². The second kappa shape index (κ2) is 7.25. The lowest BCUT2D eigenvalue weighted by molar-refractivity contribution is 0.102. The highest BCUT2D eigenvalue weighted by Crippen LogP contribution is 2.23. The second-order valence-electron chi connectivity index (χ2n) is 6.63. The molecule has 0 fully saturated rings. The maximum absolute atomic E-state index is 12.6. The molecule has 26 heavy (non-hydrogen) atoms. The van der Waals surface area contributed by atoms with Crippen LogP contribution in [0.4, 0.5) is 5.82 Å². The smallest absolute Gasteiger partial charge is 0.266 e. The van der Waals surface area contributed by atoms with Crippen molar-refractivity contribution >= 4 is 34.7 Å². The van der Waals surface area contributed by atoms with Gasteiger partial charge in [-0.1, -0.05) is 11.6 Å². The number of rotatable bonds is 5. The minimum atomic E-state index is -0.130. The molecule has 0 aliphatic carbocycles. The Morgan fingerprint density at radius 3 is 2.62 bits per heavy atom. The molecular weight excluding hydrogens is 370 g/mol. The number of nitrogens with one attached hydrogen (secondary N) is 1. The van der Waals surface area contributed by atoms with Crippen LogP contribution < -0.4 is 5.32 Å². The quantitative estimate of drug-likeness (QED) is 0.691. The van der Waals surface area contributed by atoms with Crippen molar-refractivity contribution in [3.05, 3.63) is 50.1 Å². The number of amides is 1. The molecule has 0 unspecified atom stereocenters. The van der Waals surface area contributed by atoms with E-state index >= 15 is 0 Å². The van der Waals surface area contributed by atoms with E-state index in [1.165, 1.54) is 11.3 Å². The lowest BCUT2D eigenvalue weighted by Gasteiger charge is -2.11. The molecule has 0 saturated carbocycles. The molecule has 6 nitrogen and oxygen atoms in total. The summed E-state index contributed by atoms with van der Waals surface area (Å²) in [6.07, 6.45) is 0. The lowest BCUT2D eigenvalue weighted by atomic mass is 10.3. The zero-order valence-corrected chi connectivity index (χ0v) is 17.1. The van der Waals surface area contributed by atoms with Crippen LogP contribution >= 0.6 is 22.9 Å². The maximum Gasteiger partial charge on any atom is 0.266 e. The van der Waals surface area contributed by atoms with Crippen LogP contribution in [0.15, 0.2) is 17.5 Å². The van der Waals surface area contributed by atoms with Gasteiger partial charge in [-0.15, -0.1) is 11.3 Å². The molecule has 0 saturated heterocycles.